The number of hydrogen-bond donors (Lipinski definition) is 2. The molecule has 29 heavy (non-hydrogen) atoms. The molecule has 0 saturated carbocycles. The standard InChI is InChI=1S/C21H36N4O3S/c1-17(12-15-29(4,26)27)24-21(22-2)23-16-20(25-13-6-5-7-14-25)18-8-10-19(28-3)11-9-18/h8-11,17,20H,5-7,12-16H2,1-4H3,(H2,22,23,24). The summed E-state index contributed by atoms with van der Waals surface area (Å²) in [7, 11) is 0.457. The zero-order valence-corrected chi connectivity index (χ0v) is 19.0. The number of hydrogen-bond acceptors (Lipinski definition) is 5. The van der Waals surface area contributed by atoms with Crippen LogP contribution in [0.2, 0.25) is 0 Å². The van der Waals surface area contributed by atoms with Gasteiger partial charge in [0.05, 0.1) is 18.9 Å². The molecule has 1 fully saturated rings. The Hall–Kier alpha value is -1.80. The quantitative estimate of drug-likeness (QED) is 0.467. The Morgan fingerprint density at radius 1 is 1.21 bits per heavy atom. The zero-order chi connectivity index (χ0) is 21.3. The van der Waals surface area contributed by atoms with Crippen LogP contribution in [0.5, 0.6) is 5.75 Å². The molecule has 0 radical (unpaired) electrons. The van der Waals surface area contributed by atoms with E-state index in [-0.39, 0.29) is 17.8 Å². The Morgan fingerprint density at radius 3 is 2.41 bits per heavy atom. The summed E-state index contributed by atoms with van der Waals surface area (Å²) < 4.78 is 28.1. The highest BCUT2D eigenvalue weighted by Gasteiger charge is 2.23. The summed E-state index contributed by atoms with van der Waals surface area (Å²) in [5.41, 5.74) is 1.25. The lowest BCUT2D eigenvalue weighted by molar-refractivity contribution is 0.164. The highest BCUT2D eigenvalue weighted by molar-refractivity contribution is 7.90. The van der Waals surface area contributed by atoms with Crippen molar-refractivity contribution in [3.63, 3.8) is 0 Å². The van der Waals surface area contributed by atoms with Gasteiger partial charge in [-0.2, -0.15) is 0 Å². The molecule has 0 amide bonds. The summed E-state index contributed by atoms with van der Waals surface area (Å²) >= 11 is 0. The van der Waals surface area contributed by atoms with E-state index < -0.39 is 9.84 Å². The number of nitrogens with one attached hydrogen (secondary N) is 2. The molecule has 8 heteroatoms. The molecule has 0 bridgehead atoms. The third-order valence-electron chi connectivity index (χ3n) is 5.32. The SMILES string of the molecule is CN=C(NCC(c1ccc(OC)cc1)N1CCCCC1)NC(C)CCS(C)(=O)=O. The number of nitrogens with zero attached hydrogens (tertiary/aromatic N) is 2. The van der Waals surface area contributed by atoms with Gasteiger partial charge in [0.2, 0.25) is 0 Å². The van der Waals surface area contributed by atoms with Crippen molar-refractivity contribution in [1.82, 2.24) is 15.5 Å². The van der Waals surface area contributed by atoms with E-state index >= 15 is 0 Å². The van der Waals surface area contributed by atoms with Gasteiger partial charge in [0.1, 0.15) is 15.6 Å². The van der Waals surface area contributed by atoms with E-state index in [4.69, 9.17) is 4.74 Å². The number of benzene rings is 1. The lowest BCUT2D eigenvalue weighted by Crippen LogP contribution is -2.47. The second-order valence-electron chi connectivity index (χ2n) is 7.80. The number of ether oxygens (including phenoxy) is 1. The number of guanidine groups is 1. The summed E-state index contributed by atoms with van der Waals surface area (Å²) in [6.45, 7) is 4.89. The Bertz CT molecular complexity index is 744. The van der Waals surface area contributed by atoms with E-state index in [0.717, 1.165) is 25.4 Å². The van der Waals surface area contributed by atoms with E-state index in [1.807, 2.05) is 19.1 Å². The van der Waals surface area contributed by atoms with Gasteiger partial charge in [-0.05, 0) is 57.0 Å². The van der Waals surface area contributed by atoms with Crippen molar-refractivity contribution >= 4 is 15.8 Å². The first kappa shape index (κ1) is 23.5. The number of likely N-dealkylation sites (tertiary alicyclic amines) is 1. The van der Waals surface area contributed by atoms with Gasteiger partial charge in [0.25, 0.3) is 0 Å². The monoisotopic (exact) mass is 424 g/mol. The topological polar surface area (TPSA) is 83.0 Å². The lowest BCUT2D eigenvalue weighted by Gasteiger charge is -2.35. The predicted molar refractivity (Wildman–Crippen MR) is 119 cm³/mol. The molecule has 1 aromatic carbocycles. The van der Waals surface area contributed by atoms with Gasteiger partial charge in [-0.25, -0.2) is 8.42 Å². The highest BCUT2D eigenvalue weighted by Crippen LogP contribution is 2.25. The maximum Gasteiger partial charge on any atom is 0.191 e. The third kappa shape index (κ3) is 8.22. The van der Waals surface area contributed by atoms with Crippen LogP contribution in [0.1, 0.15) is 44.2 Å². The zero-order valence-electron chi connectivity index (χ0n) is 18.1. The van der Waals surface area contributed by atoms with Gasteiger partial charge >= 0.3 is 0 Å². The van der Waals surface area contributed by atoms with E-state index in [1.54, 1.807) is 14.2 Å². The van der Waals surface area contributed by atoms with Crippen molar-refractivity contribution in [2.75, 3.05) is 45.8 Å². The van der Waals surface area contributed by atoms with Crippen LogP contribution < -0.4 is 15.4 Å². The largest absolute Gasteiger partial charge is 0.497 e. The van der Waals surface area contributed by atoms with Gasteiger partial charge < -0.3 is 15.4 Å². The average Bonchev–Trinajstić information content (AvgIpc) is 2.72. The fraction of sp³-hybridized carbons (Fsp3) is 0.667. The number of rotatable bonds is 9. The van der Waals surface area contributed by atoms with Crippen molar-refractivity contribution in [1.29, 1.82) is 0 Å². The minimum atomic E-state index is -2.96. The molecule has 164 valence electrons. The summed E-state index contributed by atoms with van der Waals surface area (Å²) in [6.07, 6.45) is 5.56. The molecule has 7 nitrogen and oxygen atoms in total. The van der Waals surface area contributed by atoms with Crippen molar-refractivity contribution in [2.24, 2.45) is 4.99 Å². The van der Waals surface area contributed by atoms with Crippen LogP contribution >= 0.6 is 0 Å². The Balaban J connectivity index is 2.01. The van der Waals surface area contributed by atoms with Gasteiger partial charge in [0, 0.05) is 25.9 Å². The highest BCUT2D eigenvalue weighted by atomic mass is 32.2. The second-order valence-corrected chi connectivity index (χ2v) is 10.1. The first-order valence-electron chi connectivity index (χ1n) is 10.4. The van der Waals surface area contributed by atoms with E-state index in [9.17, 15) is 8.42 Å². The fourth-order valence-electron chi connectivity index (χ4n) is 3.60. The number of piperidine rings is 1. The first-order valence-corrected chi connectivity index (χ1v) is 12.4. The van der Waals surface area contributed by atoms with E-state index in [1.165, 1.54) is 31.1 Å². The fourth-order valence-corrected chi connectivity index (χ4v) is 4.38. The first-order chi connectivity index (χ1) is 13.8. The minimum Gasteiger partial charge on any atom is -0.497 e. The second kappa shape index (κ2) is 11.4. The summed E-state index contributed by atoms with van der Waals surface area (Å²) in [5, 5.41) is 6.74. The smallest absolute Gasteiger partial charge is 0.191 e. The van der Waals surface area contributed by atoms with E-state index in [2.05, 4.69) is 32.7 Å². The van der Waals surface area contributed by atoms with Crippen LogP contribution in [-0.2, 0) is 9.84 Å². The van der Waals surface area contributed by atoms with E-state index in [0.29, 0.717) is 12.4 Å². The molecule has 1 heterocycles. The molecule has 2 unspecified atom stereocenters. The van der Waals surface area contributed by atoms with Crippen LogP contribution in [0, 0.1) is 0 Å². The molecule has 2 atom stereocenters. The molecular formula is C21H36N4O3S. The molecule has 2 rings (SSSR count). The van der Waals surface area contributed by atoms with Crippen molar-refractivity contribution < 1.29 is 13.2 Å². The molecule has 2 N–H and O–H groups in total. The van der Waals surface area contributed by atoms with Crippen LogP contribution in [0.4, 0.5) is 0 Å². The normalized spacial score (nSPS) is 18.1. The molecule has 0 aromatic heterocycles. The van der Waals surface area contributed by atoms with Crippen LogP contribution in [0.25, 0.3) is 0 Å². The molecule has 0 spiro atoms. The molecule has 1 aromatic rings. The Morgan fingerprint density at radius 2 is 1.86 bits per heavy atom. The lowest BCUT2D eigenvalue weighted by atomic mass is 10.0. The molecular weight excluding hydrogens is 388 g/mol. The Kier molecular flexibility index (Phi) is 9.23. The van der Waals surface area contributed by atoms with Crippen LogP contribution in [0.3, 0.4) is 0 Å². The predicted octanol–water partition coefficient (Wildman–Crippen LogP) is 2.21. The van der Waals surface area contributed by atoms with Crippen LogP contribution in [-0.4, -0.2) is 71.1 Å². The van der Waals surface area contributed by atoms with Gasteiger partial charge in [-0.15, -0.1) is 0 Å². The maximum absolute atomic E-state index is 11.4. The van der Waals surface area contributed by atoms with Crippen LogP contribution in [0.15, 0.2) is 29.3 Å². The number of methoxy groups -OCH3 is 1. The van der Waals surface area contributed by atoms with Crippen molar-refractivity contribution in [3.05, 3.63) is 29.8 Å². The van der Waals surface area contributed by atoms with Gasteiger partial charge in [0.15, 0.2) is 5.96 Å². The molecule has 0 aliphatic carbocycles. The van der Waals surface area contributed by atoms with Crippen molar-refractivity contribution in [2.45, 2.75) is 44.7 Å². The summed E-state index contributed by atoms with van der Waals surface area (Å²) in [5.74, 6) is 1.72. The van der Waals surface area contributed by atoms with Crippen molar-refractivity contribution in [3.8, 4) is 5.75 Å². The number of aliphatic imine (C=N–C) groups is 1. The van der Waals surface area contributed by atoms with Gasteiger partial charge in [-0.3, -0.25) is 9.89 Å². The summed E-state index contributed by atoms with van der Waals surface area (Å²) in [6, 6.07) is 8.53. The summed E-state index contributed by atoms with van der Waals surface area (Å²) in [4.78, 5) is 6.84. The Labute approximate surface area is 175 Å². The third-order valence-corrected chi connectivity index (χ3v) is 6.30. The molecule has 1 aliphatic heterocycles. The number of sulfone groups is 1. The average molecular weight is 425 g/mol. The maximum atomic E-state index is 11.4. The molecule has 1 aliphatic rings. The molecule has 1 saturated heterocycles. The van der Waals surface area contributed by atoms with Gasteiger partial charge in [-0.1, -0.05) is 18.6 Å². The minimum absolute atomic E-state index is 0.0188.